The van der Waals surface area contributed by atoms with Crippen LogP contribution in [0.2, 0.25) is 0 Å². The minimum Gasteiger partial charge on any atom is -0.409 e. The van der Waals surface area contributed by atoms with Gasteiger partial charge in [-0.1, -0.05) is 37.8 Å². The zero-order valence-electron chi connectivity index (χ0n) is 11.2. The van der Waals surface area contributed by atoms with Gasteiger partial charge >= 0.3 is 0 Å². The van der Waals surface area contributed by atoms with Crippen molar-refractivity contribution in [2.24, 2.45) is 16.8 Å². The van der Waals surface area contributed by atoms with E-state index in [2.05, 4.69) is 10.5 Å². The second-order valence-electron chi connectivity index (χ2n) is 5.14. The van der Waals surface area contributed by atoms with Crippen LogP contribution < -0.4 is 11.1 Å². The van der Waals surface area contributed by atoms with Crippen LogP contribution in [0, 0.1) is 5.92 Å². The molecule has 1 fully saturated rings. The summed E-state index contributed by atoms with van der Waals surface area (Å²) in [5.74, 6) is 0.620. The summed E-state index contributed by atoms with van der Waals surface area (Å²) in [7, 11) is 0. The van der Waals surface area contributed by atoms with Crippen molar-refractivity contribution in [1.82, 2.24) is 5.32 Å². The third-order valence-electron chi connectivity index (χ3n) is 3.58. The van der Waals surface area contributed by atoms with Gasteiger partial charge in [-0.15, -0.1) is 0 Å². The lowest BCUT2D eigenvalue weighted by Gasteiger charge is -2.22. The summed E-state index contributed by atoms with van der Waals surface area (Å²) in [5, 5.41) is 14.5. The van der Waals surface area contributed by atoms with E-state index in [4.69, 9.17) is 10.9 Å². The van der Waals surface area contributed by atoms with Crippen molar-refractivity contribution < 1.29 is 10.0 Å². The number of rotatable bonds is 6. The van der Waals surface area contributed by atoms with Crippen LogP contribution in [-0.2, 0) is 4.79 Å². The van der Waals surface area contributed by atoms with Crippen molar-refractivity contribution in [3.63, 3.8) is 0 Å². The molecule has 0 bridgehead atoms. The number of nitrogens with one attached hydrogen (secondary N) is 1. The summed E-state index contributed by atoms with van der Waals surface area (Å²) in [6.45, 7) is 2.00. The van der Waals surface area contributed by atoms with Crippen LogP contribution in [0.3, 0.4) is 0 Å². The van der Waals surface area contributed by atoms with E-state index in [0.717, 1.165) is 19.3 Å². The third kappa shape index (κ3) is 4.94. The highest BCUT2D eigenvalue weighted by Crippen LogP contribution is 2.26. The Morgan fingerprint density at radius 2 is 2.11 bits per heavy atom. The van der Waals surface area contributed by atoms with Crippen LogP contribution in [0.1, 0.15) is 58.3 Å². The molecule has 1 aliphatic carbocycles. The maximum atomic E-state index is 11.9. The van der Waals surface area contributed by atoms with Crippen LogP contribution in [0.25, 0.3) is 0 Å². The minimum atomic E-state index is -0.337. The van der Waals surface area contributed by atoms with Gasteiger partial charge in [-0.05, 0) is 25.2 Å². The normalized spacial score (nSPS) is 19.5. The maximum absolute atomic E-state index is 11.9. The summed E-state index contributed by atoms with van der Waals surface area (Å²) in [4.78, 5) is 11.9. The van der Waals surface area contributed by atoms with Crippen molar-refractivity contribution in [3.05, 3.63) is 0 Å². The van der Waals surface area contributed by atoms with Gasteiger partial charge in [-0.3, -0.25) is 4.79 Å². The predicted octanol–water partition coefficient (Wildman–Crippen LogP) is 1.99. The fourth-order valence-electron chi connectivity index (χ4n) is 2.56. The summed E-state index contributed by atoms with van der Waals surface area (Å²) >= 11 is 0. The molecule has 1 aliphatic rings. The molecule has 0 saturated heterocycles. The van der Waals surface area contributed by atoms with Crippen molar-refractivity contribution in [3.8, 4) is 0 Å². The number of carbonyl (C=O) groups excluding carboxylic acids is 1. The Kier molecular flexibility index (Phi) is 6.54. The molecule has 1 rings (SSSR count). The molecular weight excluding hydrogens is 230 g/mol. The number of carbonyl (C=O) groups is 1. The summed E-state index contributed by atoms with van der Waals surface area (Å²) in [6, 6.07) is -0.337. The number of hydrogen-bond acceptors (Lipinski definition) is 3. The van der Waals surface area contributed by atoms with Gasteiger partial charge < -0.3 is 16.3 Å². The number of hydrogen-bond donors (Lipinski definition) is 3. The van der Waals surface area contributed by atoms with Gasteiger partial charge in [0.15, 0.2) is 5.84 Å². The fourth-order valence-corrected chi connectivity index (χ4v) is 2.56. The molecule has 0 heterocycles. The van der Waals surface area contributed by atoms with Gasteiger partial charge in [-0.25, -0.2) is 0 Å². The second kappa shape index (κ2) is 7.95. The Morgan fingerprint density at radius 1 is 1.44 bits per heavy atom. The predicted molar refractivity (Wildman–Crippen MR) is 71.4 cm³/mol. The number of amides is 1. The summed E-state index contributed by atoms with van der Waals surface area (Å²) in [5.41, 5.74) is 5.57. The van der Waals surface area contributed by atoms with E-state index in [1.807, 2.05) is 6.92 Å². The van der Waals surface area contributed by atoms with Gasteiger partial charge in [0.05, 0.1) is 6.04 Å². The van der Waals surface area contributed by atoms with E-state index >= 15 is 0 Å². The molecule has 0 radical (unpaired) electrons. The molecule has 104 valence electrons. The number of oxime groups is 1. The average Bonchev–Trinajstić information content (AvgIpc) is 2.38. The first-order chi connectivity index (χ1) is 8.67. The fraction of sp³-hybridized carbons (Fsp3) is 0.846. The van der Waals surface area contributed by atoms with E-state index in [0.29, 0.717) is 18.8 Å². The van der Waals surface area contributed by atoms with Crippen molar-refractivity contribution in [1.29, 1.82) is 0 Å². The molecule has 5 nitrogen and oxygen atoms in total. The highest BCUT2D eigenvalue weighted by molar-refractivity contribution is 5.89. The Balaban J connectivity index is 2.40. The number of amidine groups is 1. The first-order valence-corrected chi connectivity index (χ1v) is 6.94. The highest BCUT2D eigenvalue weighted by atomic mass is 16.4. The molecule has 4 N–H and O–H groups in total. The molecule has 18 heavy (non-hydrogen) atoms. The summed E-state index contributed by atoms with van der Waals surface area (Å²) < 4.78 is 0. The molecule has 1 saturated carbocycles. The van der Waals surface area contributed by atoms with Crippen LogP contribution in [0.5, 0.6) is 0 Å². The number of nitrogens with two attached hydrogens (primary N) is 1. The molecule has 0 aromatic heterocycles. The summed E-state index contributed by atoms with van der Waals surface area (Å²) in [6.07, 6.45) is 8.20. The first-order valence-electron chi connectivity index (χ1n) is 6.94. The molecule has 0 aromatic carbocycles. The van der Waals surface area contributed by atoms with Crippen LogP contribution in [0.15, 0.2) is 5.16 Å². The van der Waals surface area contributed by atoms with E-state index in [1.165, 1.54) is 19.3 Å². The van der Waals surface area contributed by atoms with Gasteiger partial charge in [0, 0.05) is 6.42 Å². The molecule has 0 aliphatic heterocycles. The van der Waals surface area contributed by atoms with Crippen LogP contribution in [-0.4, -0.2) is 23.0 Å². The van der Waals surface area contributed by atoms with Crippen molar-refractivity contribution in [2.75, 3.05) is 0 Å². The lowest BCUT2D eigenvalue weighted by molar-refractivity contribution is -0.122. The zero-order chi connectivity index (χ0) is 13.4. The first kappa shape index (κ1) is 14.8. The Morgan fingerprint density at radius 3 is 2.67 bits per heavy atom. The second-order valence-corrected chi connectivity index (χ2v) is 5.14. The van der Waals surface area contributed by atoms with Gasteiger partial charge in [0.1, 0.15) is 0 Å². The maximum Gasteiger partial charge on any atom is 0.220 e. The molecule has 1 atom stereocenters. The molecule has 1 amide bonds. The largest absolute Gasteiger partial charge is 0.409 e. The molecule has 0 spiro atoms. The smallest absolute Gasteiger partial charge is 0.220 e. The Bertz CT molecular complexity index is 286. The molecule has 1 unspecified atom stereocenters. The van der Waals surface area contributed by atoms with E-state index < -0.39 is 0 Å². The topological polar surface area (TPSA) is 87.7 Å². The van der Waals surface area contributed by atoms with Crippen molar-refractivity contribution in [2.45, 2.75) is 64.3 Å². The van der Waals surface area contributed by atoms with E-state index in [-0.39, 0.29) is 17.8 Å². The molecule has 0 aromatic rings. The van der Waals surface area contributed by atoms with Crippen LogP contribution >= 0.6 is 0 Å². The SMILES string of the molecule is CCCC(NC(=O)CC1CCCCC1)/C(N)=N/O. The van der Waals surface area contributed by atoms with E-state index in [1.54, 1.807) is 0 Å². The zero-order valence-corrected chi connectivity index (χ0v) is 11.2. The molecular formula is C13H25N3O2. The van der Waals surface area contributed by atoms with Gasteiger partial charge in [0.25, 0.3) is 0 Å². The van der Waals surface area contributed by atoms with Gasteiger partial charge in [0.2, 0.25) is 5.91 Å². The van der Waals surface area contributed by atoms with Crippen LogP contribution in [0.4, 0.5) is 0 Å². The monoisotopic (exact) mass is 255 g/mol. The average molecular weight is 255 g/mol. The Hall–Kier alpha value is -1.26. The molecule has 5 heteroatoms. The Labute approximate surface area is 109 Å². The standard InChI is InChI=1S/C13H25N3O2/c1-2-6-11(13(14)16-18)15-12(17)9-10-7-4-3-5-8-10/h10-11,18H,2-9H2,1H3,(H2,14,16)(H,15,17). The quantitative estimate of drug-likeness (QED) is 0.293. The van der Waals surface area contributed by atoms with E-state index in [9.17, 15) is 4.79 Å². The minimum absolute atomic E-state index is 0.0203. The van der Waals surface area contributed by atoms with Crippen molar-refractivity contribution >= 4 is 11.7 Å². The van der Waals surface area contributed by atoms with Gasteiger partial charge in [-0.2, -0.15) is 0 Å². The lowest BCUT2D eigenvalue weighted by Crippen LogP contribution is -2.45. The number of nitrogens with zero attached hydrogens (tertiary/aromatic N) is 1. The highest BCUT2D eigenvalue weighted by Gasteiger charge is 2.20. The lowest BCUT2D eigenvalue weighted by atomic mass is 9.87. The third-order valence-corrected chi connectivity index (χ3v) is 3.58.